The Morgan fingerprint density at radius 2 is 2.36 bits per heavy atom. The van der Waals surface area contributed by atoms with Gasteiger partial charge >= 0.3 is 0 Å². The van der Waals surface area contributed by atoms with Crippen LogP contribution in [0.15, 0.2) is 29.4 Å². The highest BCUT2D eigenvalue weighted by Gasteiger charge is 2.11. The summed E-state index contributed by atoms with van der Waals surface area (Å²) >= 11 is 0. The second kappa shape index (κ2) is 3.28. The zero-order chi connectivity index (χ0) is 7.52. The Bertz CT molecular complexity index is 265. The molecule has 11 heavy (non-hydrogen) atoms. The zero-order valence-electron chi connectivity index (χ0n) is 5.73. The Morgan fingerprint density at radius 1 is 1.45 bits per heavy atom. The van der Waals surface area contributed by atoms with Gasteiger partial charge in [0.05, 0.1) is 10.8 Å². The van der Waals surface area contributed by atoms with Gasteiger partial charge in [0.15, 0.2) is 5.82 Å². The predicted molar refractivity (Wildman–Crippen MR) is 51.4 cm³/mol. The lowest BCUT2D eigenvalue weighted by atomic mass is 10.5. The Hall–Kier alpha value is -0.480. The van der Waals surface area contributed by atoms with Gasteiger partial charge < -0.3 is 0 Å². The normalized spacial score (nSPS) is 19.8. The average molecular weight is 182 g/mol. The smallest absolute Gasteiger partial charge is 0.152 e. The van der Waals surface area contributed by atoms with Crippen LogP contribution >= 0.6 is 21.6 Å². The molecule has 2 nitrogen and oxygen atoms in total. The Kier molecular flexibility index (Phi) is 2.14. The SMILES string of the molecule is c1ccc(N=C2CSS2)nc1. The molecule has 0 saturated carbocycles. The summed E-state index contributed by atoms with van der Waals surface area (Å²) in [5.74, 6) is 1.86. The summed E-state index contributed by atoms with van der Waals surface area (Å²) in [6.07, 6.45) is 1.76. The van der Waals surface area contributed by atoms with E-state index in [0.717, 1.165) is 11.6 Å². The van der Waals surface area contributed by atoms with Crippen molar-refractivity contribution in [2.24, 2.45) is 4.99 Å². The van der Waals surface area contributed by atoms with E-state index in [0.29, 0.717) is 0 Å². The summed E-state index contributed by atoms with van der Waals surface area (Å²) in [7, 11) is 3.55. The van der Waals surface area contributed by atoms with Crippen LogP contribution in [0.3, 0.4) is 0 Å². The van der Waals surface area contributed by atoms with Crippen molar-refractivity contribution >= 4 is 32.4 Å². The summed E-state index contributed by atoms with van der Waals surface area (Å²) in [5, 5.41) is 1.17. The van der Waals surface area contributed by atoms with Gasteiger partial charge in [0.25, 0.3) is 0 Å². The van der Waals surface area contributed by atoms with Crippen molar-refractivity contribution in [1.82, 2.24) is 4.98 Å². The second-order valence-electron chi connectivity index (χ2n) is 2.04. The van der Waals surface area contributed by atoms with E-state index in [4.69, 9.17) is 0 Å². The van der Waals surface area contributed by atoms with Crippen molar-refractivity contribution in [3.05, 3.63) is 24.4 Å². The first-order valence-corrected chi connectivity index (χ1v) is 5.55. The molecule has 0 N–H and O–H groups in total. The maximum Gasteiger partial charge on any atom is 0.152 e. The molecule has 4 heteroatoms. The van der Waals surface area contributed by atoms with E-state index in [1.807, 2.05) is 29.0 Å². The lowest BCUT2D eigenvalue weighted by Crippen LogP contribution is -2.02. The van der Waals surface area contributed by atoms with E-state index >= 15 is 0 Å². The minimum absolute atomic E-state index is 0.815. The molecule has 0 spiro atoms. The van der Waals surface area contributed by atoms with Crippen LogP contribution < -0.4 is 0 Å². The highest BCUT2D eigenvalue weighted by atomic mass is 33.1. The number of pyridine rings is 1. The number of hydrogen-bond donors (Lipinski definition) is 0. The maximum absolute atomic E-state index is 4.31. The van der Waals surface area contributed by atoms with Crippen LogP contribution in [0.5, 0.6) is 0 Å². The number of nitrogens with zero attached hydrogens (tertiary/aromatic N) is 2. The molecule has 1 aromatic rings. The molecule has 1 saturated heterocycles. The van der Waals surface area contributed by atoms with Crippen molar-refractivity contribution < 1.29 is 0 Å². The minimum atomic E-state index is 0.815. The molecule has 1 aliphatic rings. The largest absolute Gasteiger partial charge is 0.237 e. The molecular formula is C7H6N2S2. The summed E-state index contributed by atoms with van der Waals surface area (Å²) in [6, 6.07) is 5.76. The summed E-state index contributed by atoms with van der Waals surface area (Å²) in [4.78, 5) is 8.40. The van der Waals surface area contributed by atoms with Gasteiger partial charge in [-0.3, -0.25) is 0 Å². The van der Waals surface area contributed by atoms with Crippen LogP contribution in [0.1, 0.15) is 0 Å². The zero-order valence-corrected chi connectivity index (χ0v) is 7.36. The Morgan fingerprint density at radius 3 is 2.91 bits per heavy atom. The average Bonchev–Trinajstić information content (AvgIpc) is 1.99. The molecule has 1 fully saturated rings. The van der Waals surface area contributed by atoms with Crippen LogP contribution in [0.4, 0.5) is 5.82 Å². The predicted octanol–water partition coefficient (Wildman–Crippen LogP) is 2.51. The maximum atomic E-state index is 4.31. The van der Waals surface area contributed by atoms with Crippen LogP contribution in [0, 0.1) is 0 Å². The number of aliphatic imine (C=N–C) groups is 1. The topological polar surface area (TPSA) is 25.2 Å². The van der Waals surface area contributed by atoms with Crippen LogP contribution in [-0.2, 0) is 0 Å². The van der Waals surface area contributed by atoms with Crippen LogP contribution in [0.2, 0.25) is 0 Å². The van der Waals surface area contributed by atoms with Gasteiger partial charge in [-0.25, -0.2) is 9.98 Å². The lowest BCUT2D eigenvalue weighted by Gasteiger charge is -2.11. The van der Waals surface area contributed by atoms with E-state index in [9.17, 15) is 0 Å². The van der Waals surface area contributed by atoms with Gasteiger partial charge in [0, 0.05) is 6.20 Å². The summed E-state index contributed by atoms with van der Waals surface area (Å²) in [5.41, 5.74) is 0. The molecule has 0 atom stereocenters. The molecule has 0 aromatic carbocycles. The molecule has 0 bridgehead atoms. The third-order valence-corrected chi connectivity index (χ3v) is 3.63. The monoisotopic (exact) mass is 182 g/mol. The molecule has 56 valence electrons. The molecule has 0 radical (unpaired) electrons. The fraction of sp³-hybridized carbons (Fsp3) is 0.143. The van der Waals surface area contributed by atoms with Gasteiger partial charge in [-0.15, -0.1) is 0 Å². The Balaban J connectivity index is 2.17. The van der Waals surface area contributed by atoms with Gasteiger partial charge in [0.2, 0.25) is 0 Å². The van der Waals surface area contributed by atoms with Crippen LogP contribution in [0.25, 0.3) is 0 Å². The summed E-state index contributed by atoms with van der Waals surface area (Å²) < 4.78 is 0. The van der Waals surface area contributed by atoms with Crippen molar-refractivity contribution in [1.29, 1.82) is 0 Å². The molecule has 2 rings (SSSR count). The standard InChI is InChI=1S/C7H6N2S2/c1-2-4-8-6(3-1)9-7-5-10-11-7/h1-4H,5H2. The van der Waals surface area contributed by atoms with Crippen molar-refractivity contribution in [3.63, 3.8) is 0 Å². The Labute approximate surface area is 72.9 Å². The molecule has 0 unspecified atom stereocenters. The molecule has 1 aliphatic heterocycles. The van der Waals surface area contributed by atoms with E-state index in [1.54, 1.807) is 17.0 Å². The highest BCUT2D eigenvalue weighted by molar-refractivity contribution is 8.86. The number of aromatic nitrogens is 1. The molecule has 0 aliphatic carbocycles. The van der Waals surface area contributed by atoms with Crippen molar-refractivity contribution in [2.75, 3.05) is 5.75 Å². The second-order valence-corrected chi connectivity index (χ2v) is 4.41. The quantitative estimate of drug-likeness (QED) is 0.624. The third kappa shape index (κ3) is 1.75. The van der Waals surface area contributed by atoms with Crippen LogP contribution in [-0.4, -0.2) is 15.8 Å². The van der Waals surface area contributed by atoms with Crippen molar-refractivity contribution in [2.45, 2.75) is 0 Å². The summed E-state index contributed by atoms with van der Waals surface area (Å²) in [6.45, 7) is 0. The fourth-order valence-corrected chi connectivity index (χ4v) is 1.91. The fourth-order valence-electron chi connectivity index (χ4n) is 0.710. The lowest BCUT2D eigenvalue weighted by molar-refractivity contribution is 1.28. The van der Waals surface area contributed by atoms with E-state index in [1.165, 1.54) is 5.04 Å². The van der Waals surface area contributed by atoms with E-state index in [2.05, 4.69) is 9.98 Å². The first-order chi connectivity index (χ1) is 5.45. The van der Waals surface area contributed by atoms with Gasteiger partial charge in [0.1, 0.15) is 0 Å². The molecule has 0 amide bonds. The van der Waals surface area contributed by atoms with Gasteiger partial charge in [-0.1, -0.05) is 16.9 Å². The number of hydrogen-bond acceptors (Lipinski definition) is 4. The molecular weight excluding hydrogens is 176 g/mol. The van der Waals surface area contributed by atoms with E-state index < -0.39 is 0 Å². The first-order valence-electron chi connectivity index (χ1n) is 3.23. The van der Waals surface area contributed by atoms with Gasteiger partial charge in [-0.05, 0) is 22.9 Å². The van der Waals surface area contributed by atoms with Crippen molar-refractivity contribution in [3.8, 4) is 0 Å². The minimum Gasteiger partial charge on any atom is -0.237 e. The third-order valence-electron chi connectivity index (χ3n) is 1.23. The highest BCUT2D eigenvalue weighted by Crippen LogP contribution is 2.36. The molecule has 2 heterocycles. The number of rotatable bonds is 1. The molecule has 1 aromatic heterocycles. The van der Waals surface area contributed by atoms with E-state index in [-0.39, 0.29) is 0 Å². The van der Waals surface area contributed by atoms with Gasteiger partial charge in [-0.2, -0.15) is 0 Å². The first kappa shape index (κ1) is 7.18.